The maximum atomic E-state index is 13.1. The molecule has 11 N–H and O–H groups in total. The van der Waals surface area contributed by atoms with Crippen LogP contribution < -0.4 is 33.2 Å². The molecule has 0 heterocycles. The van der Waals surface area contributed by atoms with E-state index in [4.69, 9.17) is 17.2 Å². The van der Waals surface area contributed by atoms with Gasteiger partial charge in [0.2, 0.25) is 17.7 Å². The van der Waals surface area contributed by atoms with Crippen LogP contribution in [0.15, 0.2) is 29.3 Å². The minimum absolute atomic E-state index is 0.00423. The van der Waals surface area contributed by atoms with E-state index >= 15 is 0 Å². The van der Waals surface area contributed by atoms with Gasteiger partial charge in [0, 0.05) is 18.7 Å². The zero-order valence-corrected chi connectivity index (χ0v) is 22.8. The number of phenolic OH excluding ortho intramolecular Hbond substituents is 1. The number of nitrogens with one attached hydrogen (secondary N) is 3. The first-order valence-electron chi connectivity index (χ1n) is 11.8. The highest BCUT2D eigenvalue weighted by Gasteiger charge is 2.30. The number of carboxylic acid groups (broad SMARTS) is 1. The van der Waals surface area contributed by atoms with Crippen LogP contribution in [0.4, 0.5) is 0 Å². The second kappa shape index (κ2) is 17.4. The normalized spacial score (nSPS) is 13.9. The summed E-state index contributed by atoms with van der Waals surface area (Å²) in [4.78, 5) is 54.0. The van der Waals surface area contributed by atoms with Crippen LogP contribution in [0.1, 0.15) is 24.8 Å². The van der Waals surface area contributed by atoms with Gasteiger partial charge in [0.05, 0.1) is 6.04 Å². The minimum Gasteiger partial charge on any atom is -0.508 e. The molecule has 3 amide bonds. The van der Waals surface area contributed by atoms with Gasteiger partial charge in [0.15, 0.2) is 5.96 Å². The second-order valence-electron chi connectivity index (χ2n) is 8.41. The average Bonchev–Trinajstić information content (AvgIpc) is 2.87. The highest BCUT2D eigenvalue weighted by atomic mass is 32.2. The topological polar surface area (TPSA) is 235 Å². The Kier molecular flexibility index (Phi) is 15.0. The largest absolute Gasteiger partial charge is 0.508 e. The molecule has 1 aromatic rings. The molecule has 212 valence electrons. The highest BCUT2D eigenvalue weighted by molar-refractivity contribution is 7.98. The Balaban J connectivity index is 2.94. The molecule has 0 spiro atoms. The van der Waals surface area contributed by atoms with Crippen LogP contribution in [0.25, 0.3) is 0 Å². The number of guanidine groups is 1. The van der Waals surface area contributed by atoms with Crippen LogP contribution in [0, 0.1) is 0 Å². The number of aliphatic carboxylic acids is 1. The van der Waals surface area contributed by atoms with Gasteiger partial charge < -0.3 is 43.4 Å². The zero-order valence-electron chi connectivity index (χ0n) is 21.1. The van der Waals surface area contributed by atoms with Crippen molar-refractivity contribution in [2.24, 2.45) is 22.2 Å². The molecule has 0 saturated heterocycles. The summed E-state index contributed by atoms with van der Waals surface area (Å²) >= 11 is 5.58. The number of phenols is 1. The molecular formula is C23H37N7O6S2. The van der Waals surface area contributed by atoms with Crippen molar-refractivity contribution in [3.63, 3.8) is 0 Å². The number of benzene rings is 1. The van der Waals surface area contributed by atoms with Gasteiger partial charge in [0.25, 0.3) is 0 Å². The Morgan fingerprint density at radius 3 is 2.11 bits per heavy atom. The number of nitrogens with two attached hydrogens (primary N) is 3. The van der Waals surface area contributed by atoms with Crippen LogP contribution in [0.5, 0.6) is 5.75 Å². The lowest BCUT2D eigenvalue weighted by atomic mass is 10.0. The first-order valence-corrected chi connectivity index (χ1v) is 13.8. The number of carbonyl (C=O) groups excluding carboxylic acids is 3. The first kappa shape index (κ1) is 32.9. The lowest BCUT2D eigenvalue weighted by molar-refractivity contribution is -0.142. The van der Waals surface area contributed by atoms with Gasteiger partial charge in [-0.2, -0.15) is 24.4 Å². The number of amides is 3. The van der Waals surface area contributed by atoms with Gasteiger partial charge >= 0.3 is 5.97 Å². The van der Waals surface area contributed by atoms with Crippen molar-refractivity contribution in [2.75, 3.05) is 24.3 Å². The number of thioether (sulfide) groups is 1. The van der Waals surface area contributed by atoms with E-state index in [1.165, 1.54) is 23.9 Å². The van der Waals surface area contributed by atoms with Gasteiger partial charge in [-0.15, -0.1) is 0 Å². The van der Waals surface area contributed by atoms with Crippen molar-refractivity contribution in [3.8, 4) is 5.75 Å². The number of aromatic hydroxyl groups is 1. The standard InChI is InChI=1S/C23H37N7O6S2/c1-38-10-8-16(22(35)36)28-20(33)17(11-13-4-6-14(31)7-5-13)29-21(34)18(12-37)30-19(32)15(24)3-2-9-27-23(25)26/h4-7,15-18,31,37H,2-3,8-12,24H2,1H3,(H,28,33)(H,29,34)(H,30,32)(H,35,36)(H4,25,26,27). The molecule has 38 heavy (non-hydrogen) atoms. The Hall–Kier alpha value is -3.17. The molecule has 4 unspecified atom stereocenters. The number of hydrogen-bond acceptors (Lipinski definition) is 9. The Morgan fingerprint density at radius 1 is 0.974 bits per heavy atom. The van der Waals surface area contributed by atoms with E-state index in [1.54, 1.807) is 12.1 Å². The average molecular weight is 572 g/mol. The van der Waals surface area contributed by atoms with Crippen LogP contribution in [0.2, 0.25) is 0 Å². The van der Waals surface area contributed by atoms with Crippen molar-refractivity contribution < 1.29 is 29.4 Å². The molecule has 0 saturated carbocycles. The predicted molar refractivity (Wildman–Crippen MR) is 150 cm³/mol. The molecule has 15 heteroatoms. The number of carbonyl (C=O) groups is 4. The number of aliphatic imine (C=N–C) groups is 1. The summed E-state index contributed by atoms with van der Waals surface area (Å²) in [6.45, 7) is 0.294. The number of thiol groups is 1. The van der Waals surface area contributed by atoms with Gasteiger partial charge in [0.1, 0.15) is 23.9 Å². The van der Waals surface area contributed by atoms with E-state index in [9.17, 15) is 29.4 Å². The molecule has 1 aromatic carbocycles. The van der Waals surface area contributed by atoms with Gasteiger partial charge in [-0.1, -0.05) is 12.1 Å². The van der Waals surface area contributed by atoms with E-state index in [0.717, 1.165) is 0 Å². The molecule has 4 atom stereocenters. The molecule has 0 bridgehead atoms. The van der Waals surface area contributed by atoms with E-state index in [0.29, 0.717) is 24.3 Å². The number of hydrogen-bond donors (Lipinski definition) is 9. The van der Waals surface area contributed by atoms with E-state index in [-0.39, 0.29) is 36.7 Å². The molecule has 0 aliphatic heterocycles. The van der Waals surface area contributed by atoms with E-state index in [2.05, 4.69) is 33.6 Å². The lowest BCUT2D eigenvalue weighted by Crippen LogP contribution is -2.58. The monoisotopic (exact) mass is 571 g/mol. The molecule has 1 rings (SSSR count). The third-order valence-electron chi connectivity index (χ3n) is 5.35. The van der Waals surface area contributed by atoms with Gasteiger partial charge in [-0.05, 0) is 49.0 Å². The van der Waals surface area contributed by atoms with Crippen molar-refractivity contribution in [2.45, 2.75) is 49.9 Å². The smallest absolute Gasteiger partial charge is 0.326 e. The fraction of sp³-hybridized carbons (Fsp3) is 0.522. The Bertz CT molecular complexity index is 960. The molecular weight excluding hydrogens is 534 g/mol. The molecule has 0 fully saturated rings. The number of nitrogens with zero attached hydrogens (tertiary/aromatic N) is 1. The van der Waals surface area contributed by atoms with Crippen molar-refractivity contribution >= 4 is 54.0 Å². The van der Waals surface area contributed by atoms with Gasteiger partial charge in [-0.3, -0.25) is 19.4 Å². The number of carboxylic acids is 1. The van der Waals surface area contributed by atoms with Crippen LogP contribution in [0.3, 0.4) is 0 Å². The molecule has 13 nitrogen and oxygen atoms in total. The fourth-order valence-electron chi connectivity index (χ4n) is 3.24. The second-order valence-corrected chi connectivity index (χ2v) is 9.76. The quantitative estimate of drug-likeness (QED) is 0.0456. The zero-order chi connectivity index (χ0) is 28.7. The van der Waals surface area contributed by atoms with Gasteiger partial charge in [-0.25, -0.2) is 4.79 Å². The summed E-state index contributed by atoms with van der Waals surface area (Å²) in [5.74, 6) is -2.82. The molecule has 0 aromatic heterocycles. The fourth-order valence-corrected chi connectivity index (χ4v) is 3.97. The summed E-state index contributed by atoms with van der Waals surface area (Å²) in [6, 6.07) is 1.64. The summed E-state index contributed by atoms with van der Waals surface area (Å²) < 4.78 is 0. The maximum Gasteiger partial charge on any atom is 0.326 e. The molecule has 0 radical (unpaired) electrons. The minimum atomic E-state index is -1.20. The predicted octanol–water partition coefficient (Wildman–Crippen LogP) is -1.46. The summed E-state index contributed by atoms with van der Waals surface area (Å²) in [5.41, 5.74) is 17.0. The maximum absolute atomic E-state index is 13.1. The third-order valence-corrected chi connectivity index (χ3v) is 6.36. The van der Waals surface area contributed by atoms with Crippen LogP contribution in [-0.4, -0.2) is 88.3 Å². The molecule has 0 aliphatic rings. The third kappa shape index (κ3) is 12.4. The van der Waals surface area contributed by atoms with Crippen molar-refractivity contribution in [1.29, 1.82) is 0 Å². The van der Waals surface area contributed by atoms with Crippen molar-refractivity contribution in [1.82, 2.24) is 16.0 Å². The number of rotatable bonds is 17. The first-order chi connectivity index (χ1) is 18.0. The summed E-state index contributed by atoms with van der Waals surface area (Å²) in [5, 5.41) is 26.6. The Labute approximate surface area is 231 Å². The molecule has 0 aliphatic carbocycles. The summed E-state index contributed by atoms with van der Waals surface area (Å²) in [6.07, 6.45) is 2.72. The highest BCUT2D eigenvalue weighted by Crippen LogP contribution is 2.12. The Morgan fingerprint density at radius 2 is 1.55 bits per heavy atom. The van der Waals surface area contributed by atoms with Crippen LogP contribution >= 0.6 is 24.4 Å². The van der Waals surface area contributed by atoms with Crippen LogP contribution in [-0.2, 0) is 25.6 Å². The van der Waals surface area contributed by atoms with E-state index in [1.807, 2.05) is 6.26 Å². The SMILES string of the molecule is CSCCC(NC(=O)C(Cc1ccc(O)cc1)NC(=O)C(CS)NC(=O)C(N)CCCN=C(N)N)C(=O)O. The van der Waals surface area contributed by atoms with E-state index < -0.39 is 47.9 Å². The summed E-state index contributed by atoms with van der Waals surface area (Å²) in [7, 11) is 0. The van der Waals surface area contributed by atoms with Crippen molar-refractivity contribution in [3.05, 3.63) is 29.8 Å². The lowest BCUT2D eigenvalue weighted by Gasteiger charge is -2.24.